The summed E-state index contributed by atoms with van der Waals surface area (Å²) in [5, 5.41) is 5.40. The van der Waals surface area contributed by atoms with E-state index < -0.39 is 10.0 Å². The van der Waals surface area contributed by atoms with E-state index in [0.717, 1.165) is 5.56 Å². The molecule has 0 aliphatic carbocycles. The van der Waals surface area contributed by atoms with Gasteiger partial charge in [0.05, 0.1) is 5.02 Å². The van der Waals surface area contributed by atoms with Crippen LogP contribution in [0.5, 0.6) is 5.75 Å². The van der Waals surface area contributed by atoms with E-state index in [2.05, 4.69) is 0 Å². The fourth-order valence-electron chi connectivity index (χ4n) is 1.62. The van der Waals surface area contributed by atoms with Crippen molar-refractivity contribution >= 4 is 44.8 Å². The molecule has 2 rings (SSSR count). The molecule has 2 aromatic carbocycles. The quantitative estimate of drug-likeness (QED) is 0.893. The van der Waals surface area contributed by atoms with E-state index >= 15 is 0 Å². The van der Waals surface area contributed by atoms with Crippen LogP contribution in [0.4, 0.5) is 0 Å². The maximum absolute atomic E-state index is 11.3. The first-order chi connectivity index (χ1) is 9.80. The lowest BCUT2D eigenvalue weighted by atomic mass is 10.2. The Morgan fingerprint density at radius 1 is 1.00 bits per heavy atom. The SMILES string of the molecule is NS(=O)(=O)c1ccc(OCc2ccccc2Cl)c(Cl)c1Cl. The lowest BCUT2D eigenvalue weighted by Crippen LogP contribution is -2.13. The summed E-state index contributed by atoms with van der Waals surface area (Å²) < 4.78 is 28.2. The number of nitrogens with two attached hydrogens (primary N) is 1. The van der Waals surface area contributed by atoms with Crippen LogP contribution >= 0.6 is 34.8 Å². The molecule has 21 heavy (non-hydrogen) atoms. The van der Waals surface area contributed by atoms with Gasteiger partial charge >= 0.3 is 0 Å². The molecule has 0 aliphatic heterocycles. The molecular weight excluding hydrogens is 357 g/mol. The van der Waals surface area contributed by atoms with Crippen LogP contribution < -0.4 is 9.88 Å². The third kappa shape index (κ3) is 3.81. The molecule has 0 heterocycles. The van der Waals surface area contributed by atoms with Crippen LogP contribution in [0.1, 0.15) is 5.56 Å². The summed E-state index contributed by atoms with van der Waals surface area (Å²) in [6.07, 6.45) is 0. The van der Waals surface area contributed by atoms with Crippen molar-refractivity contribution in [1.82, 2.24) is 0 Å². The Morgan fingerprint density at radius 3 is 2.29 bits per heavy atom. The molecule has 4 nitrogen and oxygen atoms in total. The van der Waals surface area contributed by atoms with Gasteiger partial charge in [0.15, 0.2) is 0 Å². The van der Waals surface area contributed by atoms with E-state index in [9.17, 15) is 8.42 Å². The number of benzene rings is 2. The molecule has 2 aromatic rings. The van der Waals surface area contributed by atoms with Crippen LogP contribution in [-0.2, 0) is 16.6 Å². The predicted octanol–water partition coefficient (Wildman–Crippen LogP) is 3.87. The molecule has 0 bridgehead atoms. The second-order valence-corrected chi connectivity index (χ2v) is 6.81. The van der Waals surface area contributed by atoms with Crippen molar-refractivity contribution in [3.05, 3.63) is 57.0 Å². The van der Waals surface area contributed by atoms with Crippen molar-refractivity contribution in [2.24, 2.45) is 5.14 Å². The van der Waals surface area contributed by atoms with Crippen molar-refractivity contribution in [1.29, 1.82) is 0 Å². The highest BCUT2D eigenvalue weighted by molar-refractivity contribution is 7.89. The first-order valence-electron chi connectivity index (χ1n) is 5.67. The van der Waals surface area contributed by atoms with Crippen molar-refractivity contribution in [2.75, 3.05) is 0 Å². The first-order valence-corrected chi connectivity index (χ1v) is 8.35. The van der Waals surface area contributed by atoms with E-state index in [1.54, 1.807) is 18.2 Å². The van der Waals surface area contributed by atoms with Crippen LogP contribution in [0.3, 0.4) is 0 Å². The van der Waals surface area contributed by atoms with E-state index in [-0.39, 0.29) is 27.3 Å². The van der Waals surface area contributed by atoms with E-state index in [4.69, 9.17) is 44.7 Å². The minimum Gasteiger partial charge on any atom is -0.487 e. The fourth-order valence-corrected chi connectivity index (χ4v) is 3.17. The van der Waals surface area contributed by atoms with Crippen molar-refractivity contribution in [3.63, 3.8) is 0 Å². The summed E-state index contributed by atoms with van der Waals surface area (Å²) in [6, 6.07) is 9.80. The second kappa shape index (κ2) is 6.42. The fraction of sp³-hybridized carbons (Fsp3) is 0.0769. The maximum Gasteiger partial charge on any atom is 0.239 e. The van der Waals surface area contributed by atoms with Gasteiger partial charge in [-0.3, -0.25) is 0 Å². The zero-order valence-corrected chi connectivity index (χ0v) is 13.6. The molecule has 0 spiro atoms. The number of hydrogen-bond donors (Lipinski definition) is 1. The Balaban J connectivity index is 2.27. The summed E-state index contributed by atoms with van der Waals surface area (Å²) >= 11 is 17.9. The number of ether oxygens (including phenoxy) is 1. The van der Waals surface area contributed by atoms with Crippen LogP contribution in [-0.4, -0.2) is 8.42 Å². The van der Waals surface area contributed by atoms with Gasteiger partial charge in [-0.05, 0) is 18.2 Å². The van der Waals surface area contributed by atoms with Gasteiger partial charge < -0.3 is 4.74 Å². The smallest absolute Gasteiger partial charge is 0.239 e. The molecule has 112 valence electrons. The zero-order valence-electron chi connectivity index (χ0n) is 10.5. The Bertz CT molecular complexity index is 778. The Labute approximate surface area is 137 Å². The molecule has 0 radical (unpaired) electrons. The maximum atomic E-state index is 11.3. The van der Waals surface area contributed by atoms with E-state index in [0.29, 0.717) is 5.02 Å². The molecule has 8 heteroatoms. The van der Waals surface area contributed by atoms with Gasteiger partial charge in [-0.1, -0.05) is 53.0 Å². The van der Waals surface area contributed by atoms with Gasteiger partial charge in [-0.2, -0.15) is 0 Å². The summed E-state index contributed by atoms with van der Waals surface area (Å²) in [5.41, 5.74) is 0.766. The van der Waals surface area contributed by atoms with Gasteiger partial charge in [0, 0.05) is 10.6 Å². The Morgan fingerprint density at radius 2 is 1.67 bits per heavy atom. The van der Waals surface area contributed by atoms with Crippen LogP contribution in [0.15, 0.2) is 41.3 Å². The van der Waals surface area contributed by atoms with E-state index in [1.165, 1.54) is 12.1 Å². The molecule has 0 unspecified atom stereocenters. The zero-order chi connectivity index (χ0) is 15.6. The molecule has 0 atom stereocenters. The molecular formula is C13H10Cl3NO3S. The van der Waals surface area contributed by atoms with Gasteiger partial charge in [-0.15, -0.1) is 0 Å². The summed E-state index contributed by atoms with van der Waals surface area (Å²) in [5.74, 6) is 0.244. The lowest BCUT2D eigenvalue weighted by Gasteiger charge is -2.11. The van der Waals surface area contributed by atoms with Crippen LogP contribution in [0, 0.1) is 0 Å². The monoisotopic (exact) mass is 365 g/mol. The topological polar surface area (TPSA) is 69.4 Å². The van der Waals surface area contributed by atoms with Crippen molar-refractivity contribution in [2.45, 2.75) is 11.5 Å². The normalized spacial score (nSPS) is 11.4. The Hall–Kier alpha value is -0.980. The predicted molar refractivity (Wildman–Crippen MR) is 83.6 cm³/mol. The minimum atomic E-state index is -3.94. The van der Waals surface area contributed by atoms with Crippen molar-refractivity contribution in [3.8, 4) is 5.75 Å². The van der Waals surface area contributed by atoms with Crippen LogP contribution in [0.25, 0.3) is 0 Å². The molecule has 0 saturated heterocycles. The molecule has 0 aromatic heterocycles. The first kappa shape index (κ1) is 16.4. The van der Waals surface area contributed by atoms with Crippen molar-refractivity contribution < 1.29 is 13.2 Å². The van der Waals surface area contributed by atoms with Gasteiger partial charge in [-0.25, -0.2) is 13.6 Å². The third-order valence-corrected chi connectivity index (χ3v) is 4.96. The number of halogens is 3. The number of rotatable bonds is 4. The summed E-state index contributed by atoms with van der Waals surface area (Å²) in [4.78, 5) is -0.251. The molecule has 0 aliphatic rings. The molecule has 0 amide bonds. The summed E-state index contributed by atoms with van der Waals surface area (Å²) in [7, 11) is -3.94. The standard InChI is InChI=1S/C13H10Cl3NO3S/c14-9-4-2-1-3-8(9)7-20-10-5-6-11(21(17,18)19)13(16)12(10)15/h1-6H,7H2,(H2,17,18,19). The average molecular weight is 367 g/mol. The molecule has 0 fully saturated rings. The Kier molecular flexibility index (Phi) is 5.01. The molecule has 0 saturated carbocycles. The largest absolute Gasteiger partial charge is 0.487 e. The highest BCUT2D eigenvalue weighted by atomic mass is 35.5. The van der Waals surface area contributed by atoms with Gasteiger partial charge in [0.2, 0.25) is 10.0 Å². The minimum absolute atomic E-state index is 0.0183. The highest BCUT2D eigenvalue weighted by Gasteiger charge is 2.18. The number of hydrogen-bond acceptors (Lipinski definition) is 3. The summed E-state index contributed by atoms with van der Waals surface area (Å²) in [6.45, 7) is 0.171. The lowest BCUT2D eigenvalue weighted by molar-refractivity contribution is 0.306. The average Bonchev–Trinajstić information content (AvgIpc) is 2.40. The number of sulfonamides is 1. The second-order valence-electron chi connectivity index (χ2n) is 4.11. The van der Waals surface area contributed by atoms with Gasteiger partial charge in [0.25, 0.3) is 0 Å². The van der Waals surface area contributed by atoms with Crippen LogP contribution in [0.2, 0.25) is 15.1 Å². The number of primary sulfonamides is 1. The van der Waals surface area contributed by atoms with E-state index in [1.807, 2.05) is 6.07 Å². The van der Waals surface area contributed by atoms with Gasteiger partial charge in [0.1, 0.15) is 22.3 Å². The highest BCUT2D eigenvalue weighted by Crippen LogP contribution is 2.36. The third-order valence-electron chi connectivity index (χ3n) is 2.66. The molecule has 2 N–H and O–H groups in total.